The first-order valence-electron chi connectivity index (χ1n) is 9.54. The van der Waals surface area contributed by atoms with Crippen molar-refractivity contribution in [2.75, 3.05) is 25.7 Å². The van der Waals surface area contributed by atoms with Gasteiger partial charge in [-0.25, -0.2) is 4.98 Å². The maximum atomic E-state index is 5.60. The highest BCUT2D eigenvalue weighted by Gasteiger charge is 2.50. The predicted octanol–water partition coefficient (Wildman–Crippen LogP) is 4.97. The number of pyridine rings is 1. The zero-order chi connectivity index (χ0) is 18.7. The Morgan fingerprint density at radius 3 is 2.46 bits per heavy atom. The van der Waals surface area contributed by atoms with Gasteiger partial charge in [-0.3, -0.25) is 0 Å². The van der Waals surface area contributed by atoms with Crippen molar-refractivity contribution in [3.05, 3.63) is 23.8 Å². The summed E-state index contributed by atoms with van der Waals surface area (Å²) >= 11 is 0. The minimum absolute atomic E-state index is 0.384. The Morgan fingerprint density at radius 2 is 1.77 bits per heavy atom. The number of nitrogens with zero attached hydrogens (tertiary/aromatic N) is 2. The molecular weight excluding hydrogens is 324 g/mol. The summed E-state index contributed by atoms with van der Waals surface area (Å²) in [7, 11) is 3.42. The van der Waals surface area contributed by atoms with Gasteiger partial charge in [-0.05, 0) is 60.8 Å². The Morgan fingerprint density at radius 1 is 1.08 bits per heavy atom. The van der Waals surface area contributed by atoms with Crippen LogP contribution in [0.15, 0.2) is 18.2 Å². The summed E-state index contributed by atoms with van der Waals surface area (Å²) in [5.41, 5.74) is 2.87. The van der Waals surface area contributed by atoms with Crippen LogP contribution in [0.4, 0.5) is 5.82 Å². The molecule has 1 aliphatic carbocycles. The minimum atomic E-state index is 0.384. The number of hydrogen-bond donors (Lipinski definition) is 0. The monoisotopic (exact) mass is 354 g/mol. The third kappa shape index (κ3) is 2.70. The molecule has 2 atom stereocenters. The SMILES string of the molecule is COc1ccc(OC)c2c(C)cc(N3CC4(C)CC3CC(C)(C)C4)nc12. The fourth-order valence-corrected chi connectivity index (χ4v) is 5.67. The lowest BCUT2D eigenvalue weighted by Gasteiger charge is -2.39. The Balaban J connectivity index is 1.84. The van der Waals surface area contributed by atoms with E-state index < -0.39 is 0 Å². The first kappa shape index (κ1) is 17.4. The molecule has 4 rings (SSSR count). The summed E-state index contributed by atoms with van der Waals surface area (Å²) in [6.45, 7) is 10.5. The van der Waals surface area contributed by atoms with Crippen LogP contribution >= 0.6 is 0 Å². The third-order valence-corrected chi connectivity index (χ3v) is 6.22. The molecule has 0 radical (unpaired) electrons. The highest BCUT2D eigenvalue weighted by atomic mass is 16.5. The fraction of sp³-hybridized carbons (Fsp3) is 0.591. The van der Waals surface area contributed by atoms with Gasteiger partial charge < -0.3 is 14.4 Å². The van der Waals surface area contributed by atoms with Crippen LogP contribution in [0.1, 0.15) is 45.6 Å². The van der Waals surface area contributed by atoms with E-state index in [9.17, 15) is 0 Å². The molecule has 0 amide bonds. The van der Waals surface area contributed by atoms with Gasteiger partial charge in [0, 0.05) is 18.0 Å². The second kappa shape index (κ2) is 5.77. The predicted molar refractivity (Wildman–Crippen MR) is 106 cm³/mol. The average Bonchev–Trinajstić information content (AvgIpc) is 2.82. The average molecular weight is 354 g/mol. The lowest BCUT2D eigenvalue weighted by Crippen LogP contribution is -2.35. The number of aryl methyl sites for hydroxylation is 1. The number of hydrogen-bond acceptors (Lipinski definition) is 4. The maximum Gasteiger partial charge on any atom is 0.145 e. The first-order valence-corrected chi connectivity index (χ1v) is 9.54. The molecule has 26 heavy (non-hydrogen) atoms. The number of rotatable bonds is 3. The van der Waals surface area contributed by atoms with E-state index in [1.54, 1.807) is 14.2 Å². The summed E-state index contributed by atoms with van der Waals surface area (Å²) < 4.78 is 11.2. The van der Waals surface area contributed by atoms with Crippen molar-refractivity contribution < 1.29 is 9.47 Å². The molecule has 2 fully saturated rings. The van der Waals surface area contributed by atoms with Crippen LogP contribution in [0.5, 0.6) is 11.5 Å². The fourth-order valence-electron chi connectivity index (χ4n) is 5.67. The molecule has 2 unspecified atom stereocenters. The summed E-state index contributed by atoms with van der Waals surface area (Å²) in [5, 5.41) is 1.05. The van der Waals surface area contributed by atoms with Crippen molar-refractivity contribution in [2.45, 2.75) is 53.0 Å². The van der Waals surface area contributed by atoms with E-state index in [-0.39, 0.29) is 0 Å². The quantitative estimate of drug-likeness (QED) is 0.780. The normalized spacial score (nSPS) is 27.0. The zero-order valence-electron chi connectivity index (χ0n) is 16.8. The van der Waals surface area contributed by atoms with Crippen molar-refractivity contribution in [3.8, 4) is 11.5 Å². The Bertz CT molecular complexity index is 861. The number of benzene rings is 1. The molecule has 1 saturated heterocycles. The van der Waals surface area contributed by atoms with Crippen LogP contribution in [0.25, 0.3) is 10.9 Å². The first-order chi connectivity index (χ1) is 12.3. The zero-order valence-corrected chi connectivity index (χ0v) is 16.8. The molecule has 4 nitrogen and oxygen atoms in total. The van der Waals surface area contributed by atoms with Crippen molar-refractivity contribution in [2.24, 2.45) is 10.8 Å². The van der Waals surface area contributed by atoms with Crippen molar-refractivity contribution in [1.29, 1.82) is 0 Å². The molecule has 1 aliphatic heterocycles. The molecule has 2 aliphatic rings. The number of methoxy groups -OCH3 is 2. The largest absolute Gasteiger partial charge is 0.496 e. The molecule has 1 saturated carbocycles. The van der Waals surface area contributed by atoms with Gasteiger partial charge >= 0.3 is 0 Å². The van der Waals surface area contributed by atoms with Gasteiger partial charge in [-0.1, -0.05) is 20.8 Å². The van der Waals surface area contributed by atoms with Crippen LogP contribution in [0.2, 0.25) is 0 Å². The van der Waals surface area contributed by atoms with Crippen molar-refractivity contribution in [1.82, 2.24) is 4.98 Å². The second-order valence-electron chi connectivity index (χ2n) is 9.33. The Labute approximate surface area is 156 Å². The van der Waals surface area contributed by atoms with Gasteiger partial charge in [0.25, 0.3) is 0 Å². The lowest BCUT2D eigenvalue weighted by molar-refractivity contribution is 0.136. The minimum Gasteiger partial charge on any atom is -0.496 e. The van der Waals surface area contributed by atoms with Gasteiger partial charge in [0.15, 0.2) is 0 Å². The summed E-state index contributed by atoms with van der Waals surface area (Å²) in [6, 6.07) is 6.71. The smallest absolute Gasteiger partial charge is 0.145 e. The summed E-state index contributed by atoms with van der Waals surface area (Å²) in [4.78, 5) is 7.60. The molecule has 1 aromatic carbocycles. The maximum absolute atomic E-state index is 5.60. The highest BCUT2D eigenvalue weighted by molar-refractivity contribution is 5.94. The van der Waals surface area contributed by atoms with Gasteiger partial charge in [0.2, 0.25) is 0 Å². The van der Waals surface area contributed by atoms with Gasteiger partial charge in [0.1, 0.15) is 22.8 Å². The van der Waals surface area contributed by atoms with Crippen molar-refractivity contribution >= 4 is 16.7 Å². The van der Waals surface area contributed by atoms with E-state index in [0.29, 0.717) is 16.9 Å². The molecule has 2 aromatic rings. The number of ether oxygens (including phenoxy) is 2. The molecule has 0 spiro atoms. The molecule has 4 heteroatoms. The van der Waals surface area contributed by atoms with E-state index in [0.717, 1.165) is 34.8 Å². The lowest BCUT2D eigenvalue weighted by atomic mass is 9.65. The van der Waals surface area contributed by atoms with E-state index in [1.165, 1.54) is 24.8 Å². The summed E-state index contributed by atoms with van der Waals surface area (Å²) in [5.74, 6) is 2.73. The molecule has 1 aromatic heterocycles. The molecule has 0 N–H and O–H groups in total. The van der Waals surface area contributed by atoms with Crippen LogP contribution in [0.3, 0.4) is 0 Å². The number of fused-ring (bicyclic) bond motifs is 3. The van der Waals surface area contributed by atoms with E-state index in [4.69, 9.17) is 14.5 Å². The number of anilines is 1. The van der Waals surface area contributed by atoms with E-state index in [1.807, 2.05) is 12.1 Å². The van der Waals surface area contributed by atoms with E-state index >= 15 is 0 Å². The van der Waals surface area contributed by atoms with Gasteiger partial charge in [-0.15, -0.1) is 0 Å². The molecule has 2 heterocycles. The second-order valence-corrected chi connectivity index (χ2v) is 9.33. The van der Waals surface area contributed by atoms with Crippen LogP contribution in [0, 0.1) is 17.8 Å². The van der Waals surface area contributed by atoms with Crippen LogP contribution in [-0.2, 0) is 0 Å². The molecule has 2 bridgehead atoms. The third-order valence-electron chi connectivity index (χ3n) is 6.22. The highest BCUT2D eigenvalue weighted by Crippen LogP contribution is 2.53. The van der Waals surface area contributed by atoms with E-state index in [2.05, 4.69) is 38.7 Å². The van der Waals surface area contributed by atoms with Crippen LogP contribution < -0.4 is 14.4 Å². The van der Waals surface area contributed by atoms with Crippen LogP contribution in [-0.4, -0.2) is 31.8 Å². The topological polar surface area (TPSA) is 34.6 Å². The summed E-state index contributed by atoms with van der Waals surface area (Å²) in [6.07, 6.45) is 3.79. The Kier molecular flexibility index (Phi) is 3.87. The van der Waals surface area contributed by atoms with Gasteiger partial charge in [-0.2, -0.15) is 0 Å². The van der Waals surface area contributed by atoms with Gasteiger partial charge in [0.05, 0.1) is 14.2 Å². The molecular formula is C22H30N2O2. The number of aromatic nitrogens is 1. The standard InChI is InChI=1S/C22H30N2O2/c1-14-9-18(23-20-17(26-6)8-7-16(25-5)19(14)20)24-13-22(4)11-15(24)10-21(2,3)12-22/h7-9,15H,10-13H2,1-6H3. The van der Waals surface area contributed by atoms with Crippen molar-refractivity contribution in [3.63, 3.8) is 0 Å². The Hall–Kier alpha value is -1.97. The molecule has 140 valence electrons.